The number of hydrogen-bond acceptors (Lipinski definition) is 4. The molecule has 0 amide bonds. The van der Waals surface area contributed by atoms with Crippen LogP contribution in [0.2, 0.25) is 0 Å². The van der Waals surface area contributed by atoms with E-state index in [0.717, 1.165) is 0 Å². The summed E-state index contributed by atoms with van der Waals surface area (Å²) in [5, 5.41) is 0.171. The molecule has 0 rings (SSSR count). The fourth-order valence-electron chi connectivity index (χ4n) is 0.123. The molecule has 0 atom stereocenters. The van der Waals surface area contributed by atoms with Crippen LogP contribution in [0.1, 0.15) is 43.6 Å². The molecule has 100 valence electrons. The Bertz CT molecular complexity index is 188. The first-order chi connectivity index (χ1) is 5.54. The lowest BCUT2D eigenvalue weighted by molar-refractivity contribution is -0.139. The number of esters is 1. The van der Waals surface area contributed by atoms with E-state index in [9.17, 15) is 9.59 Å². The molecular formula is C11H27NO3S. The van der Waals surface area contributed by atoms with Crippen molar-refractivity contribution >= 4 is 22.8 Å². The second kappa shape index (κ2) is 29.2. The van der Waals surface area contributed by atoms with Crippen LogP contribution < -0.4 is 0 Å². The Morgan fingerprint density at radius 3 is 1.56 bits per heavy atom. The van der Waals surface area contributed by atoms with E-state index in [4.69, 9.17) is 6.57 Å². The van der Waals surface area contributed by atoms with Crippen molar-refractivity contribution in [2.75, 3.05) is 13.0 Å². The normalized spacial score (nSPS) is 5.38. The molecule has 0 unspecified atom stereocenters. The zero-order chi connectivity index (χ0) is 9.98. The van der Waals surface area contributed by atoms with Crippen LogP contribution in [0.3, 0.4) is 0 Å². The predicted octanol–water partition coefficient (Wildman–Crippen LogP) is 3.87. The van der Waals surface area contributed by atoms with E-state index in [1.807, 2.05) is 0 Å². The second-order valence-electron chi connectivity index (χ2n) is 1.62. The maximum Gasteiger partial charge on any atom is 0.359 e. The van der Waals surface area contributed by atoms with Gasteiger partial charge in [-0.3, -0.25) is 14.4 Å². The van der Waals surface area contributed by atoms with Gasteiger partial charge in [0.1, 0.15) is 0 Å². The summed E-state index contributed by atoms with van der Waals surface area (Å²) < 4.78 is 4.20. The second-order valence-corrected chi connectivity index (χ2v) is 2.60. The monoisotopic (exact) mass is 253 g/mol. The smallest absolute Gasteiger partial charge is 0.359 e. The average molecular weight is 253 g/mol. The molecule has 16 heavy (non-hydrogen) atoms. The summed E-state index contributed by atoms with van der Waals surface area (Å²) in [4.78, 5) is 22.4. The lowest BCUT2D eigenvalue weighted by Gasteiger charge is -1.84. The largest absolute Gasteiger partial charge is 0.394 e. The number of hydrogen-bond donors (Lipinski definition) is 0. The number of nitrogens with zero attached hydrogens (tertiary/aromatic N) is 1. The van der Waals surface area contributed by atoms with Gasteiger partial charge in [-0.25, -0.2) is 6.57 Å². The Morgan fingerprint density at radius 1 is 1.19 bits per heavy atom. The lowest BCUT2D eigenvalue weighted by Crippen LogP contribution is -1.95. The van der Waals surface area contributed by atoms with Crippen molar-refractivity contribution in [3.8, 4) is 0 Å². The zero-order valence-corrected chi connectivity index (χ0v) is 8.10. The fraction of sp³-hybridized carbons (Fsp3) is 0.727. The molecule has 0 aromatic heterocycles. The Kier molecular flexibility index (Phi) is 66.3. The maximum atomic E-state index is 9.84. The van der Waals surface area contributed by atoms with Crippen LogP contribution in [0.4, 0.5) is 0 Å². The van der Waals surface area contributed by atoms with Gasteiger partial charge in [-0.2, -0.15) is 0 Å². The molecule has 0 bridgehead atoms. The minimum Gasteiger partial charge on any atom is -0.394 e. The summed E-state index contributed by atoms with van der Waals surface area (Å²) >= 11 is 1.24. The fourth-order valence-corrected chi connectivity index (χ4v) is 0.123. The van der Waals surface area contributed by atoms with Crippen LogP contribution in [0.5, 0.6) is 0 Å². The van der Waals surface area contributed by atoms with Crippen molar-refractivity contribution in [1.29, 1.82) is 0 Å². The van der Waals surface area contributed by atoms with E-state index in [1.165, 1.54) is 18.7 Å². The summed E-state index contributed by atoms with van der Waals surface area (Å²) in [5.74, 6) is -0.406. The lowest BCUT2D eigenvalue weighted by atomic mass is 10.8. The number of thioether (sulfide) groups is 1. The maximum absolute atomic E-state index is 9.84. The third kappa shape index (κ3) is 75.1. The zero-order valence-electron chi connectivity index (χ0n) is 7.29. The third-order valence-electron chi connectivity index (χ3n) is 0.620. The van der Waals surface area contributed by atoms with Crippen molar-refractivity contribution in [2.45, 2.75) is 43.6 Å². The molecule has 0 aliphatic carbocycles. The standard InChI is InChI=1S/C4H5NO2.C3H6OS.4CH4/c1-4(6)7-3-5-2;1-3(4)5-2;;;;/h3H2,1H3;1-2H3;4*1H4. The van der Waals surface area contributed by atoms with Gasteiger partial charge in [0.25, 0.3) is 0 Å². The van der Waals surface area contributed by atoms with Crippen LogP contribution in [0.15, 0.2) is 0 Å². The Morgan fingerprint density at radius 2 is 1.50 bits per heavy atom. The molecule has 0 fully saturated rings. The van der Waals surface area contributed by atoms with Crippen molar-refractivity contribution in [3.05, 3.63) is 11.4 Å². The Labute approximate surface area is 106 Å². The highest BCUT2D eigenvalue weighted by Crippen LogP contribution is 1.88. The molecule has 0 saturated heterocycles. The van der Waals surface area contributed by atoms with E-state index in [2.05, 4.69) is 9.58 Å². The average Bonchev–Trinajstić information content (AvgIpc) is 2.02. The third-order valence-corrected chi connectivity index (χ3v) is 1.19. The number of rotatable bonds is 1. The topological polar surface area (TPSA) is 47.7 Å². The molecule has 0 aliphatic heterocycles. The highest BCUT2D eigenvalue weighted by atomic mass is 32.2. The highest BCUT2D eigenvalue weighted by molar-refractivity contribution is 8.12. The summed E-state index contributed by atoms with van der Waals surface area (Å²) in [6.45, 7) is 8.80. The van der Waals surface area contributed by atoms with E-state index in [0.29, 0.717) is 0 Å². The molecule has 0 radical (unpaired) electrons. The van der Waals surface area contributed by atoms with Gasteiger partial charge in [-0.05, 0) is 6.26 Å². The Balaban J connectivity index is -0.0000000258. The van der Waals surface area contributed by atoms with Crippen molar-refractivity contribution in [2.24, 2.45) is 0 Å². The summed E-state index contributed by atoms with van der Waals surface area (Å²) in [6.07, 6.45) is 1.77. The number of ether oxygens (including phenoxy) is 1. The van der Waals surface area contributed by atoms with E-state index in [-0.39, 0.29) is 41.6 Å². The van der Waals surface area contributed by atoms with Gasteiger partial charge in [-0.1, -0.05) is 41.5 Å². The molecule has 0 N–H and O–H groups in total. The van der Waals surface area contributed by atoms with Crippen LogP contribution in [-0.4, -0.2) is 24.1 Å². The minimum atomic E-state index is -0.406. The molecule has 5 heteroatoms. The summed E-state index contributed by atoms with van der Waals surface area (Å²) in [7, 11) is 0. The molecule has 0 saturated carbocycles. The first kappa shape index (κ1) is 36.3. The summed E-state index contributed by atoms with van der Waals surface area (Å²) in [6, 6.07) is 0. The van der Waals surface area contributed by atoms with Gasteiger partial charge < -0.3 is 4.74 Å². The quantitative estimate of drug-likeness (QED) is 0.526. The van der Waals surface area contributed by atoms with Crippen LogP contribution in [0, 0.1) is 6.57 Å². The molecule has 0 aromatic carbocycles. The molecule has 0 aliphatic rings. The van der Waals surface area contributed by atoms with Gasteiger partial charge in [0.2, 0.25) is 0 Å². The molecule has 4 nitrogen and oxygen atoms in total. The SMILES string of the molecule is C.C.C.C.CSC(C)=O.[C-]#[N+]COC(C)=O. The van der Waals surface area contributed by atoms with Crippen molar-refractivity contribution in [3.63, 3.8) is 0 Å². The van der Waals surface area contributed by atoms with Gasteiger partial charge in [0.05, 0.1) is 0 Å². The summed E-state index contributed by atoms with van der Waals surface area (Å²) in [5.41, 5.74) is 0. The van der Waals surface area contributed by atoms with E-state index < -0.39 is 5.97 Å². The minimum absolute atomic E-state index is 0. The molecule has 0 spiro atoms. The number of carbonyl (C=O) groups excluding carboxylic acids is 2. The molecule has 0 heterocycles. The number of carbonyl (C=O) groups is 2. The Hall–Kier alpha value is -1.02. The van der Waals surface area contributed by atoms with Crippen LogP contribution in [0.25, 0.3) is 4.85 Å². The predicted molar refractivity (Wildman–Crippen MR) is 74.4 cm³/mol. The van der Waals surface area contributed by atoms with E-state index >= 15 is 0 Å². The molecular weight excluding hydrogens is 226 g/mol. The first-order valence-corrected chi connectivity index (χ1v) is 4.28. The van der Waals surface area contributed by atoms with Crippen LogP contribution >= 0.6 is 11.8 Å². The van der Waals surface area contributed by atoms with Gasteiger partial charge in [-0.15, -0.1) is 0 Å². The van der Waals surface area contributed by atoms with E-state index in [1.54, 1.807) is 13.2 Å². The van der Waals surface area contributed by atoms with Crippen molar-refractivity contribution in [1.82, 2.24) is 0 Å². The van der Waals surface area contributed by atoms with Crippen molar-refractivity contribution < 1.29 is 14.3 Å². The van der Waals surface area contributed by atoms with Gasteiger partial charge in [0.15, 0.2) is 5.12 Å². The van der Waals surface area contributed by atoms with Crippen LogP contribution in [-0.2, 0) is 14.3 Å². The molecule has 0 aromatic rings. The highest BCUT2D eigenvalue weighted by Gasteiger charge is 1.87. The van der Waals surface area contributed by atoms with Gasteiger partial charge in [0, 0.05) is 13.8 Å². The first-order valence-electron chi connectivity index (χ1n) is 3.05. The van der Waals surface area contributed by atoms with Gasteiger partial charge >= 0.3 is 12.7 Å².